The van der Waals surface area contributed by atoms with Crippen LogP contribution in [0.2, 0.25) is 0 Å². The Morgan fingerprint density at radius 2 is 2.27 bits per heavy atom. The van der Waals surface area contributed by atoms with Crippen LogP contribution < -0.4 is 5.73 Å². The summed E-state index contributed by atoms with van der Waals surface area (Å²) >= 11 is 5.40. The molecule has 1 aromatic heterocycles. The monoisotopic (exact) mass is 236 g/mol. The van der Waals surface area contributed by atoms with Crippen LogP contribution in [0.5, 0.6) is 0 Å². The molecule has 0 radical (unpaired) electrons. The van der Waals surface area contributed by atoms with Gasteiger partial charge in [-0.1, -0.05) is 0 Å². The lowest BCUT2D eigenvalue weighted by Crippen LogP contribution is -2.11. The zero-order chi connectivity index (χ0) is 11.6. The molecule has 0 aliphatic rings. The topological polar surface area (TPSA) is 76.2 Å². The van der Waals surface area contributed by atoms with Crippen molar-refractivity contribution in [1.29, 1.82) is 0 Å². The van der Waals surface area contributed by atoms with Crippen LogP contribution in [0.3, 0.4) is 0 Å². The van der Waals surface area contributed by atoms with Crippen molar-refractivity contribution in [3.05, 3.63) is 23.0 Å². The van der Waals surface area contributed by atoms with Gasteiger partial charge in [0.05, 0.1) is 17.3 Å². The lowest BCUT2D eigenvalue weighted by Gasteiger charge is -2.08. The van der Waals surface area contributed by atoms with Crippen molar-refractivity contribution in [2.45, 2.75) is 12.3 Å². The van der Waals surface area contributed by atoms with Gasteiger partial charge in [0.1, 0.15) is 11.3 Å². The van der Waals surface area contributed by atoms with Gasteiger partial charge < -0.3 is 10.8 Å². The van der Waals surface area contributed by atoms with E-state index in [4.69, 9.17) is 22.4 Å². The first-order valence-corrected chi connectivity index (χ1v) is 4.37. The average molecular weight is 237 g/mol. The summed E-state index contributed by atoms with van der Waals surface area (Å²) in [6.07, 6.45) is -3.00. The number of hydrogen-bond acceptors (Lipinski definition) is 3. The molecule has 7 heteroatoms. The fourth-order valence-electron chi connectivity index (χ4n) is 1.10. The van der Waals surface area contributed by atoms with E-state index in [1.807, 2.05) is 0 Å². The quantitative estimate of drug-likeness (QED) is 0.788. The molecule has 0 atom stereocenters. The van der Waals surface area contributed by atoms with E-state index in [9.17, 15) is 13.6 Å². The van der Waals surface area contributed by atoms with E-state index in [0.717, 1.165) is 0 Å². The van der Waals surface area contributed by atoms with Crippen molar-refractivity contribution in [3.63, 3.8) is 0 Å². The standard InChI is InChI=1S/C8H7ClF2N2O2/c9-2-3-1-4(12)5(8(14)15)6(13-3)7(10)11/h1,7H,2H2,(H2,12,13)(H,14,15). The number of nitrogen functional groups attached to an aromatic ring is 1. The van der Waals surface area contributed by atoms with E-state index in [0.29, 0.717) is 0 Å². The van der Waals surface area contributed by atoms with Gasteiger partial charge >= 0.3 is 5.97 Å². The third kappa shape index (κ3) is 2.33. The van der Waals surface area contributed by atoms with Crippen molar-refractivity contribution in [2.75, 3.05) is 5.73 Å². The van der Waals surface area contributed by atoms with Crippen LogP contribution in [-0.4, -0.2) is 16.1 Å². The van der Waals surface area contributed by atoms with Gasteiger partial charge in [-0.15, -0.1) is 11.6 Å². The molecule has 0 fully saturated rings. The molecular weight excluding hydrogens is 230 g/mol. The number of aromatic carboxylic acids is 1. The van der Waals surface area contributed by atoms with Crippen molar-refractivity contribution in [2.24, 2.45) is 0 Å². The number of rotatable bonds is 3. The van der Waals surface area contributed by atoms with Gasteiger partial charge in [-0.3, -0.25) is 0 Å². The highest BCUT2D eigenvalue weighted by molar-refractivity contribution is 6.17. The maximum absolute atomic E-state index is 12.5. The number of nitrogens with two attached hydrogens (primary N) is 1. The van der Waals surface area contributed by atoms with E-state index < -0.39 is 23.7 Å². The van der Waals surface area contributed by atoms with Gasteiger partial charge in [-0.2, -0.15) is 0 Å². The van der Waals surface area contributed by atoms with Gasteiger partial charge in [0.25, 0.3) is 6.43 Å². The number of carbonyl (C=O) groups is 1. The van der Waals surface area contributed by atoms with E-state index >= 15 is 0 Å². The Bertz CT molecular complexity index is 398. The number of nitrogens with zero attached hydrogens (tertiary/aromatic N) is 1. The van der Waals surface area contributed by atoms with E-state index in [2.05, 4.69) is 4.98 Å². The van der Waals surface area contributed by atoms with Crippen molar-refractivity contribution in [1.82, 2.24) is 4.98 Å². The maximum atomic E-state index is 12.5. The predicted octanol–water partition coefficient (Wildman–Crippen LogP) is 2.04. The number of pyridine rings is 1. The number of halogens is 3. The highest BCUT2D eigenvalue weighted by Gasteiger charge is 2.23. The second kappa shape index (κ2) is 4.39. The van der Waals surface area contributed by atoms with Crippen LogP contribution >= 0.6 is 11.6 Å². The first-order chi connectivity index (χ1) is 6.97. The Labute approximate surface area is 88.7 Å². The molecule has 0 spiro atoms. The first kappa shape index (κ1) is 11.6. The molecule has 1 rings (SSSR count). The molecule has 0 aromatic carbocycles. The molecule has 0 saturated heterocycles. The summed E-state index contributed by atoms with van der Waals surface area (Å²) in [5, 5.41) is 8.67. The average Bonchev–Trinajstić information content (AvgIpc) is 2.15. The number of carboxylic acid groups (broad SMARTS) is 1. The third-order valence-corrected chi connectivity index (χ3v) is 1.96. The van der Waals surface area contributed by atoms with Crippen molar-refractivity contribution < 1.29 is 18.7 Å². The molecule has 82 valence electrons. The molecule has 3 N–H and O–H groups in total. The first-order valence-electron chi connectivity index (χ1n) is 3.84. The molecule has 0 aliphatic carbocycles. The Morgan fingerprint density at radius 3 is 2.67 bits per heavy atom. The number of aromatic nitrogens is 1. The summed E-state index contributed by atoms with van der Waals surface area (Å²) in [6, 6.07) is 1.17. The smallest absolute Gasteiger partial charge is 0.339 e. The fraction of sp³-hybridized carbons (Fsp3) is 0.250. The lowest BCUT2D eigenvalue weighted by molar-refractivity contribution is 0.0683. The fourth-order valence-corrected chi connectivity index (χ4v) is 1.24. The molecule has 0 unspecified atom stereocenters. The van der Waals surface area contributed by atoms with Crippen LogP contribution in [0.4, 0.5) is 14.5 Å². The normalized spacial score (nSPS) is 10.7. The lowest BCUT2D eigenvalue weighted by atomic mass is 10.1. The highest BCUT2D eigenvalue weighted by Crippen LogP contribution is 2.26. The minimum Gasteiger partial charge on any atom is -0.478 e. The molecule has 0 amide bonds. The van der Waals surface area contributed by atoms with E-state index in [-0.39, 0.29) is 17.3 Å². The van der Waals surface area contributed by atoms with Crippen LogP contribution in [0, 0.1) is 0 Å². The highest BCUT2D eigenvalue weighted by atomic mass is 35.5. The Balaban J connectivity index is 3.42. The summed E-state index contributed by atoms with van der Waals surface area (Å²) in [4.78, 5) is 14.1. The zero-order valence-corrected chi connectivity index (χ0v) is 8.13. The number of alkyl halides is 3. The van der Waals surface area contributed by atoms with Gasteiger partial charge in [-0.25, -0.2) is 18.6 Å². The van der Waals surface area contributed by atoms with Crippen LogP contribution in [0.1, 0.15) is 28.2 Å². The van der Waals surface area contributed by atoms with E-state index in [1.165, 1.54) is 6.07 Å². The zero-order valence-electron chi connectivity index (χ0n) is 7.38. The minimum atomic E-state index is -3.00. The van der Waals surface area contributed by atoms with Crippen molar-refractivity contribution >= 4 is 23.3 Å². The third-order valence-electron chi connectivity index (χ3n) is 1.69. The van der Waals surface area contributed by atoms with Gasteiger partial charge in [0.2, 0.25) is 0 Å². The summed E-state index contributed by atoms with van der Waals surface area (Å²) in [5.41, 5.74) is 3.67. The SMILES string of the molecule is Nc1cc(CCl)nc(C(F)F)c1C(=O)O. The molecule has 15 heavy (non-hydrogen) atoms. The number of anilines is 1. The summed E-state index contributed by atoms with van der Waals surface area (Å²) in [7, 11) is 0. The van der Waals surface area contributed by atoms with Gasteiger partial charge in [0.15, 0.2) is 0 Å². The Hall–Kier alpha value is -1.43. The molecule has 4 nitrogen and oxygen atoms in total. The van der Waals surface area contributed by atoms with Crippen LogP contribution in [0.25, 0.3) is 0 Å². The Kier molecular flexibility index (Phi) is 3.41. The van der Waals surface area contributed by atoms with Crippen molar-refractivity contribution in [3.8, 4) is 0 Å². The van der Waals surface area contributed by atoms with Gasteiger partial charge in [-0.05, 0) is 6.07 Å². The maximum Gasteiger partial charge on any atom is 0.339 e. The largest absolute Gasteiger partial charge is 0.478 e. The molecular formula is C8H7ClF2N2O2. The minimum absolute atomic E-state index is 0.107. The second-order valence-corrected chi connectivity index (χ2v) is 2.97. The van der Waals surface area contributed by atoms with Gasteiger partial charge in [0, 0.05) is 0 Å². The molecule has 0 bridgehead atoms. The van der Waals surface area contributed by atoms with Crippen LogP contribution in [-0.2, 0) is 5.88 Å². The summed E-state index contributed by atoms with van der Waals surface area (Å²) in [5.74, 6) is -1.64. The molecule has 0 aliphatic heterocycles. The number of carboxylic acids is 1. The second-order valence-electron chi connectivity index (χ2n) is 2.70. The molecule has 1 heterocycles. The Morgan fingerprint density at radius 1 is 1.67 bits per heavy atom. The molecule has 1 aromatic rings. The summed E-state index contributed by atoms with van der Waals surface area (Å²) in [6.45, 7) is 0. The summed E-state index contributed by atoms with van der Waals surface area (Å²) < 4.78 is 24.9. The van der Waals surface area contributed by atoms with Crippen LogP contribution in [0.15, 0.2) is 6.07 Å². The van der Waals surface area contributed by atoms with E-state index in [1.54, 1.807) is 0 Å². The predicted molar refractivity (Wildman–Crippen MR) is 50.1 cm³/mol. The molecule has 0 saturated carbocycles. The number of hydrogen-bond donors (Lipinski definition) is 2.